The van der Waals surface area contributed by atoms with Crippen molar-refractivity contribution in [1.29, 1.82) is 0 Å². The molecule has 0 atom stereocenters. The minimum Gasteiger partial charge on any atom is -0.550 e. The summed E-state index contributed by atoms with van der Waals surface area (Å²) in [5, 5.41) is 40.2. The van der Waals surface area contributed by atoms with E-state index in [9.17, 15) is 39.6 Å². The molecule has 0 saturated heterocycles. The van der Waals surface area contributed by atoms with Crippen LogP contribution < -0.4 is 20.4 Å². The summed E-state index contributed by atoms with van der Waals surface area (Å²) in [5.41, 5.74) is 3.12. The molecule has 4 rings (SSSR count). The van der Waals surface area contributed by atoms with Gasteiger partial charge in [0.05, 0.1) is 0 Å². The first-order valence-corrected chi connectivity index (χ1v) is 12.1. The minimum absolute atomic E-state index is 0. The Labute approximate surface area is 259 Å². The minimum atomic E-state index is -1.04. The molecule has 0 bridgehead atoms. The van der Waals surface area contributed by atoms with Crippen LogP contribution in [0.2, 0.25) is 0 Å². The summed E-state index contributed by atoms with van der Waals surface area (Å²) in [6, 6.07) is 35.9. The van der Waals surface area contributed by atoms with Gasteiger partial charge < -0.3 is 39.6 Å². The molecule has 0 unspecified atom stereocenters. The van der Waals surface area contributed by atoms with Crippen LogP contribution in [0.1, 0.15) is 22.3 Å². The third-order valence-corrected chi connectivity index (χ3v) is 4.77. The Morgan fingerprint density at radius 1 is 0.341 bits per heavy atom. The topological polar surface area (TPSA) is 161 Å². The first-order chi connectivity index (χ1) is 19.2. The Kier molecular flexibility index (Phi) is 20.1. The van der Waals surface area contributed by atoms with Crippen LogP contribution in [-0.2, 0) is 44.9 Å². The van der Waals surface area contributed by atoms with Crippen LogP contribution in [0.4, 0.5) is 0 Å². The van der Waals surface area contributed by atoms with E-state index >= 15 is 0 Å². The number of rotatable bonds is 8. The molecular formula is C32H28O8Pb-4. The van der Waals surface area contributed by atoms with E-state index < -0.39 is 23.9 Å². The molecule has 0 amide bonds. The van der Waals surface area contributed by atoms with Crippen LogP contribution in [0.5, 0.6) is 0 Å². The number of hydrogen-bond acceptors (Lipinski definition) is 8. The molecule has 0 heterocycles. The molecule has 0 spiro atoms. The van der Waals surface area contributed by atoms with Crippen molar-refractivity contribution < 1.29 is 39.6 Å². The largest absolute Gasteiger partial charge is 0.550 e. The number of carboxylic acids is 4. The Bertz CT molecular complexity index is 1080. The Morgan fingerprint density at radius 2 is 0.488 bits per heavy atom. The molecule has 4 aromatic carbocycles. The second-order valence-corrected chi connectivity index (χ2v) is 8.14. The molecule has 0 aliphatic heterocycles. The molecule has 4 aromatic rings. The number of benzene rings is 4. The zero-order valence-electron chi connectivity index (χ0n) is 22.1. The predicted octanol–water partition coefficient (Wildman–Crippen LogP) is -0.465. The van der Waals surface area contributed by atoms with Gasteiger partial charge >= 0.3 is 0 Å². The summed E-state index contributed by atoms with van der Waals surface area (Å²) >= 11 is 0. The van der Waals surface area contributed by atoms with Crippen molar-refractivity contribution in [2.75, 3.05) is 0 Å². The van der Waals surface area contributed by atoms with Gasteiger partial charge in [-0.1, -0.05) is 121 Å². The van der Waals surface area contributed by atoms with Crippen molar-refractivity contribution >= 4 is 51.2 Å². The quantitative estimate of drug-likeness (QED) is 0.219. The van der Waals surface area contributed by atoms with Crippen LogP contribution in [0.15, 0.2) is 121 Å². The maximum Gasteiger partial charge on any atom is 0.0458 e. The summed E-state index contributed by atoms with van der Waals surface area (Å²) in [6.07, 6.45) is 0.00333. The molecule has 0 aliphatic rings. The molecule has 41 heavy (non-hydrogen) atoms. The summed E-state index contributed by atoms with van der Waals surface area (Å²) in [4.78, 5) is 40.2. The van der Waals surface area contributed by atoms with Gasteiger partial charge in [-0.2, -0.15) is 0 Å². The summed E-state index contributed by atoms with van der Waals surface area (Å²) < 4.78 is 0. The third-order valence-electron chi connectivity index (χ3n) is 4.77. The molecule has 9 heteroatoms. The Balaban J connectivity index is 0.000000516. The molecule has 0 aliphatic carbocycles. The van der Waals surface area contributed by atoms with Gasteiger partial charge in [-0.3, -0.25) is 0 Å². The van der Waals surface area contributed by atoms with Gasteiger partial charge in [0.15, 0.2) is 0 Å². The number of carbonyl (C=O) groups is 4. The SMILES string of the molecule is O=C([O-])Cc1ccccc1.O=C([O-])Cc1ccccc1.O=C([O-])Cc1ccccc1.O=C([O-])Cc1ccccc1.[Pb]. The predicted molar refractivity (Wildman–Crippen MR) is 146 cm³/mol. The van der Waals surface area contributed by atoms with E-state index in [1.54, 1.807) is 97.1 Å². The van der Waals surface area contributed by atoms with Crippen molar-refractivity contribution in [3.63, 3.8) is 0 Å². The van der Waals surface area contributed by atoms with Gasteiger partial charge in [0.25, 0.3) is 0 Å². The van der Waals surface area contributed by atoms with Crippen LogP contribution >= 0.6 is 0 Å². The molecule has 4 radical (unpaired) electrons. The second-order valence-electron chi connectivity index (χ2n) is 8.14. The van der Waals surface area contributed by atoms with Gasteiger partial charge in [0, 0.05) is 76.9 Å². The van der Waals surface area contributed by atoms with Crippen molar-refractivity contribution in [3.8, 4) is 0 Å². The zero-order valence-corrected chi connectivity index (χ0v) is 26.0. The van der Waals surface area contributed by atoms with E-state index in [4.69, 9.17) is 0 Å². The van der Waals surface area contributed by atoms with E-state index in [-0.39, 0.29) is 53.0 Å². The van der Waals surface area contributed by atoms with Crippen molar-refractivity contribution in [2.24, 2.45) is 0 Å². The Morgan fingerprint density at radius 3 is 0.610 bits per heavy atom. The number of hydrogen-bond donors (Lipinski definition) is 0. The van der Waals surface area contributed by atoms with Crippen LogP contribution in [0.3, 0.4) is 0 Å². The van der Waals surface area contributed by atoms with E-state index in [0.717, 1.165) is 22.3 Å². The van der Waals surface area contributed by atoms with Crippen LogP contribution in [0, 0.1) is 0 Å². The summed E-state index contributed by atoms with van der Waals surface area (Å²) in [6.45, 7) is 0. The first kappa shape index (κ1) is 36.7. The van der Waals surface area contributed by atoms with Crippen molar-refractivity contribution in [3.05, 3.63) is 144 Å². The molecular weight excluding hydrogens is 720 g/mol. The normalized spacial score (nSPS) is 8.98. The summed E-state index contributed by atoms with van der Waals surface area (Å²) in [7, 11) is 0. The second kappa shape index (κ2) is 22.5. The van der Waals surface area contributed by atoms with Gasteiger partial charge in [-0.25, -0.2) is 0 Å². The Hall–Kier alpha value is -4.32. The smallest absolute Gasteiger partial charge is 0.0458 e. The average Bonchev–Trinajstić information content (AvgIpc) is 2.91. The molecule has 0 fully saturated rings. The number of carboxylic acid groups (broad SMARTS) is 4. The number of aliphatic carboxylic acids is 4. The van der Waals surface area contributed by atoms with Gasteiger partial charge in [-0.05, 0) is 22.3 Å². The maximum atomic E-state index is 10.1. The number of carbonyl (C=O) groups excluding carboxylic acids is 4. The fourth-order valence-corrected chi connectivity index (χ4v) is 3.05. The first-order valence-electron chi connectivity index (χ1n) is 12.1. The zero-order chi connectivity index (χ0) is 29.6. The van der Waals surface area contributed by atoms with Gasteiger partial charge in [0.1, 0.15) is 0 Å². The molecule has 0 saturated carbocycles. The molecule has 8 nitrogen and oxygen atoms in total. The standard InChI is InChI=1S/4C8H8O2.Pb/c4*9-8(10)6-7-4-2-1-3-5-7;/h4*1-5H,6H2,(H,9,10);/p-4. The molecule has 212 valence electrons. The van der Waals surface area contributed by atoms with Crippen LogP contribution in [-0.4, -0.2) is 51.2 Å². The maximum absolute atomic E-state index is 10.1. The fourth-order valence-electron chi connectivity index (χ4n) is 3.05. The van der Waals surface area contributed by atoms with E-state index in [0.29, 0.717) is 0 Å². The van der Waals surface area contributed by atoms with E-state index in [1.807, 2.05) is 24.3 Å². The molecule has 0 aromatic heterocycles. The van der Waals surface area contributed by atoms with E-state index in [1.165, 1.54) is 0 Å². The van der Waals surface area contributed by atoms with Gasteiger partial charge in [0.2, 0.25) is 0 Å². The summed E-state index contributed by atoms with van der Waals surface area (Å²) in [5.74, 6) is -4.14. The fraction of sp³-hybridized carbons (Fsp3) is 0.125. The monoisotopic (exact) mass is 748 g/mol. The van der Waals surface area contributed by atoms with Crippen molar-refractivity contribution in [2.45, 2.75) is 25.7 Å². The third kappa shape index (κ3) is 21.2. The van der Waals surface area contributed by atoms with Gasteiger partial charge in [-0.15, -0.1) is 0 Å². The van der Waals surface area contributed by atoms with E-state index in [2.05, 4.69) is 0 Å². The van der Waals surface area contributed by atoms with Crippen molar-refractivity contribution in [1.82, 2.24) is 0 Å². The molecule has 0 N–H and O–H groups in total. The average molecular weight is 748 g/mol. The van der Waals surface area contributed by atoms with Crippen LogP contribution in [0.25, 0.3) is 0 Å².